The van der Waals surface area contributed by atoms with E-state index in [1.165, 1.54) is 0 Å². The first-order chi connectivity index (χ1) is 12.3. The zero-order valence-corrected chi connectivity index (χ0v) is 15.1. The van der Waals surface area contributed by atoms with Gasteiger partial charge in [0.25, 0.3) is 0 Å². The molecule has 0 heterocycles. The molecule has 0 atom stereocenters. The maximum atomic E-state index is 12.3. The summed E-state index contributed by atoms with van der Waals surface area (Å²) in [7, 11) is 0. The van der Waals surface area contributed by atoms with Crippen LogP contribution in [0, 0.1) is 6.92 Å². The predicted molar refractivity (Wildman–Crippen MR) is 98.8 cm³/mol. The molecule has 2 aromatic carbocycles. The molecule has 2 rings (SSSR count). The maximum absolute atomic E-state index is 12.3. The lowest BCUT2D eigenvalue weighted by Gasteiger charge is -2.12. The van der Waals surface area contributed by atoms with Crippen molar-refractivity contribution >= 4 is 17.6 Å². The summed E-state index contributed by atoms with van der Waals surface area (Å²) < 4.78 is 10.8. The van der Waals surface area contributed by atoms with Gasteiger partial charge in [-0.1, -0.05) is 12.1 Å². The molecule has 0 aliphatic carbocycles. The Kier molecular flexibility index (Phi) is 6.60. The van der Waals surface area contributed by atoms with Crippen LogP contribution in [0.3, 0.4) is 0 Å². The van der Waals surface area contributed by atoms with E-state index in [2.05, 4.69) is 5.32 Å². The molecule has 6 nitrogen and oxygen atoms in total. The Labute approximate surface area is 152 Å². The van der Waals surface area contributed by atoms with Gasteiger partial charge in [-0.15, -0.1) is 0 Å². The van der Waals surface area contributed by atoms with Gasteiger partial charge < -0.3 is 19.9 Å². The highest BCUT2D eigenvalue weighted by Crippen LogP contribution is 2.22. The summed E-state index contributed by atoms with van der Waals surface area (Å²) in [5, 5.41) is 11.5. The molecule has 1 amide bonds. The maximum Gasteiger partial charge on any atom is 0.341 e. The fourth-order valence-corrected chi connectivity index (χ4v) is 2.39. The van der Waals surface area contributed by atoms with Crippen LogP contribution in [0.5, 0.6) is 11.5 Å². The lowest BCUT2D eigenvalue weighted by Crippen LogP contribution is -2.15. The first kappa shape index (κ1) is 19.3. The number of carbonyl (C=O) groups excluding carboxylic acids is 1. The molecule has 26 heavy (non-hydrogen) atoms. The van der Waals surface area contributed by atoms with Gasteiger partial charge in [0.05, 0.1) is 12.5 Å². The Balaban J connectivity index is 1.98. The summed E-state index contributed by atoms with van der Waals surface area (Å²) in [5.74, 6) is 0.000516. The number of ether oxygens (including phenoxy) is 2. The summed E-state index contributed by atoms with van der Waals surface area (Å²) >= 11 is 0. The minimum atomic E-state index is -1.04. The van der Waals surface area contributed by atoms with Crippen molar-refractivity contribution < 1.29 is 24.2 Å². The average molecular weight is 357 g/mol. The van der Waals surface area contributed by atoms with Gasteiger partial charge >= 0.3 is 5.97 Å². The highest BCUT2D eigenvalue weighted by molar-refractivity contribution is 5.93. The third-order valence-corrected chi connectivity index (χ3v) is 3.47. The van der Waals surface area contributed by atoms with E-state index in [-0.39, 0.29) is 18.4 Å². The number of anilines is 1. The van der Waals surface area contributed by atoms with Crippen molar-refractivity contribution in [2.75, 3.05) is 11.9 Å². The van der Waals surface area contributed by atoms with Crippen LogP contribution in [0.15, 0.2) is 42.5 Å². The van der Waals surface area contributed by atoms with Crippen LogP contribution in [0.4, 0.5) is 5.69 Å². The van der Waals surface area contributed by atoms with Crippen molar-refractivity contribution in [2.45, 2.75) is 33.3 Å². The third kappa shape index (κ3) is 6.12. The van der Waals surface area contributed by atoms with Crippen molar-refractivity contribution in [3.8, 4) is 11.5 Å². The molecule has 0 aromatic heterocycles. The zero-order chi connectivity index (χ0) is 19.1. The summed E-state index contributed by atoms with van der Waals surface area (Å²) in [5.41, 5.74) is 2.31. The Hall–Kier alpha value is -3.02. The van der Waals surface area contributed by atoms with Crippen LogP contribution >= 0.6 is 0 Å². The van der Waals surface area contributed by atoms with E-state index in [4.69, 9.17) is 14.6 Å². The number of carbonyl (C=O) groups is 2. The van der Waals surface area contributed by atoms with E-state index in [9.17, 15) is 9.59 Å². The van der Waals surface area contributed by atoms with Crippen molar-refractivity contribution in [1.82, 2.24) is 0 Å². The molecule has 138 valence electrons. The van der Waals surface area contributed by atoms with E-state index in [0.717, 1.165) is 16.9 Å². The van der Waals surface area contributed by atoms with Gasteiger partial charge in [-0.05, 0) is 62.2 Å². The molecule has 0 aliphatic rings. The number of rotatable bonds is 8. The lowest BCUT2D eigenvalue weighted by atomic mass is 10.1. The largest absolute Gasteiger partial charge is 0.491 e. The molecule has 2 N–H and O–H groups in total. The van der Waals surface area contributed by atoms with Crippen molar-refractivity contribution in [3.63, 3.8) is 0 Å². The standard InChI is InChI=1S/C20H23NO5/c1-13(2)26-17-6-4-5-15(10-17)11-19(22)21-18-8-7-16(9-14(18)3)25-12-20(23)24/h4-10,13H,11-12H2,1-3H3,(H,21,22)(H,23,24). The van der Waals surface area contributed by atoms with Gasteiger partial charge in [-0.3, -0.25) is 4.79 Å². The summed E-state index contributed by atoms with van der Waals surface area (Å²) in [6, 6.07) is 12.5. The van der Waals surface area contributed by atoms with Crippen molar-refractivity contribution in [2.24, 2.45) is 0 Å². The Morgan fingerprint density at radius 1 is 1.12 bits per heavy atom. The second kappa shape index (κ2) is 8.89. The fraction of sp³-hybridized carbons (Fsp3) is 0.300. The molecule has 0 saturated heterocycles. The minimum absolute atomic E-state index is 0.0728. The van der Waals surface area contributed by atoms with E-state index >= 15 is 0 Å². The number of carboxylic acid groups (broad SMARTS) is 1. The number of amides is 1. The third-order valence-electron chi connectivity index (χ3n) is 3.47. The monoisotopic (exact) mass is 357 g/mol. The second-order valence-electron chi connectivity index (χ2n) is 6.20. The fourth-order valence-electron chi connectivity index (χ4n) is 2.39. The van der Waals surface area contributed by atoms with Gasteiger partial charge in [-0.2, -0.15) is 0 Å². The Morgan fingerprint density at radius 3 is 2.54 bits per heavy atom. The zero-order valence-electron chi connectivity index (χ0n) is 15.1. The second-order valence-corrected chi connectivity index (χ2v) is 6.20. The van der Waals surface area contributed by atoms with Gasteiger partial charge in [-0.25, -0.2) is 4.79 Å². The molecular formula is C20H23NO5. The van der Waals surface area contributed by atoms with E-state index in [1.807, 2.05) is 45.0 Å². The number of hydrogen-bond acceptors (Lipinski definition) is 4. The first-order valence-electron chi connectivity index (χ1n) is 8.34. The van der Waals surface area contributed by atoms with Crippen molar-refractivity contribution in [1.29, 1.82) is 0 Å². The smallest absolute Gasteiger partial charge is 0.341 e. The van der Waals surface area contributed by atoms with E-state index < -0.39 is 12.6 Å². The molecular weight excluding hydrogens is 334 g/mol. The topological polar surface area (TPSA) is 84.9 Å². The van der Waals surface area contributed by atoms with Gasteiger partial charge in [0.15, 0.2) is 6.61 Å². The summed E-state index contributed by atoms with van der Waals surface area (Å²) in [6.07, 6.45) is 0.301. The summed E-state index contributed by atoms with van der Waals surface area (Å²) in [6.45, 7) is 5.32. The lowest BCUT2D eigenvalue weighted by molar-refractivity contribution is -0.139. The highest BCUT2D eigenvalue weighted by atomic mass is 16.5. The molecule has 0 saturated carbocycles. The van der Waals surface area contributed by atoms with Crippen LogP contribution in [0.1, 0.15) is 25.0 Å². The van der Waals surface area contributed by atoms with Crippen LogP contribution < -0.4 is 14.8 Å². The van der Waals surface area contributed by atoms with Crippen molar-refractivity contribution in [3.05, 3.63) is 53.6 Å². The molecule has 0 fully saturated rings. The highest BCUT2D eigenvalue weighted by Gasteiger charge is 2.09. The first-order valence-corrected chi connectivity index (χ1v) is 8.34. The number of benzene rings is 2. The van der Waals surface area contributed by atoms with E-state index in [0.29, 0.717) is 11.4 Å². The van der Waals surface area contributed by atoms with Crippen LogP contribution in [-0.4, -0.2) is 29.7 Å². The minimum Gasteiger partial charge on any atom is -0.491 e. The molecule has 0 spiro atoms. The number of aliphatic carboxylic acids is 1. The molecule has 0 unspecified atom stereocenters. The Morgan fingerprint density at radius 2 is 1.88 bits per heavy atom. The van der Waals surface area contributed by atoms with Gasteiger partial charge in [0.1, 0.15) is 11.5 Å². The average Bonchev–Trinajstić information content (AvgIpc) is 2.55. The molecule has 6 heteroatoms. The predicted octanol–water partition coefficient (Wildman–Crippen LogP) is 3.43. The quantitative estimate of drug-likeness (QED) is 0.756. The van der Waals surface area contributed by atoms with Crippen LogP contribution in [-0.2, 0) is 16.0 Å². The van der Waals surface area contributed by atoms with Gasteiger partial charge in [0.2, 0.25) is 5.91 Å². The normalized spacial score (nSPS) is 10.5. The number of nitrogens with one attached hydrogen (secondary N) is 1. The number of hydrogen-bond donors (Lipinski definition) is 2. The van der Waals surface area contributed by atoms with Crippen LogP contribution in [0.25, 0.3) is 0 Å². The Bertz CT molecular complexity index is 786. The number of aryl methyl sites for hydroxylation is 1. The number of carboxylic acids is 1. The van der Waals surface area contributed by atoms with Gasteiger partial charge in [0, 0.05) is 5.69 Å². The molecule has 0 radical (unpaired) electrons. The van der Waals surface area contributed by atoms with Crippen LogP contribution in [0.2, 0.25) is 0 Å². The SMILES string of the molecule is Cc1cc(OCC(=O)O)ccc1NC(=O)Cc1cccc(OC(C)C)c1. The molecule has 0 bridgehead atoms. The molecule has 0 aliphatic heterocycles. The van der Waals surface area contributed by atoms with E-state index in [1.54, 1.807) is 18.2 Å². The molecule has 2 aromatic rings. The summed E-state index contributed by atoms with van der Waals surface area (Å²) in [4.78, 5) is 22.8.